The van der Waals surface area contributed by atoms with Crippen molar-refractivity contribution in [3.05, 3.63) is 94.8 Å². The number of carbonyl (C=O) groups excluding carboxylic acids is 2. The molecule has 0 fully saturated rings. The Bertz CT molecular complexity index is 1260. The number of fused-ring (bicyclic) bond motifs is 1. The molecule has 0 bridgehead atoms. The number of rotatable bonds is 7. The molecule has 7 heteroatoms. The van der Waals surface area contributed by atoms with E-state index >= 15 is 0 Å². The zero-order valence-electron chi connectivity index (χ0n) is 18.5. The minimum Gasteiger partial charge on any atom is -0.457 e. The lowest BCUT2D eigenvalue weighted by Gasteiger charge is -2.15. The van der Waals surface area contributed by atoms with E-state index in [4.69, 9.17) is 10.5 Å². The number of nitrogens with zero attached hydrogens (tertiary/aromatic N) is 1. The third-order valence-corrected chi connectivity index (χ3v) is 6.48. The maximum absolute atomic E-state index is 12.9. The van der Waals surface area contributed by atoms with E-state index < -0.39 is 5.92 Å². The Labute approximate surface area is 196 Å². The third-order valence-electron chi connectivity index (χ3n) is 5.48. The number of pyridine rings is 1. The number of hydrogen-bond acceptors (Lipinski definition) is 6. The van der Waals surface area contributed by atoms with Gasteiger partial charge in [0.05, 0.1) is 21.2 Å². The van der Waals surface area contributed by atoms with E-state index in [1.165, 1.54) is 11.3 Å². The predicted octanol–water partition coefficient (Wildman–Crippen LogP) is 4.95. The second kappa shape index (κ2) is 9.94. The summed E-state index contributed by atoms with van der Waals surface area (Å²) in [4.78, 5) is 29.4. The lowest BCUT2D eigenvalue weighted by atomic mass is 9.97. The van der Waals surface area contributed by atoms with Gasteiger partial charge in [0.1, 0.15) is 6.61 Å². The number of benzene rings is 2. The van der Waals surface area contributed by atoms with Crippen LogP contribution in [-0.4, -0.2) is 23.4 Å². The fourth-order valence-corrected chi connectivity index (χ4v) is 4.60. The number of aryl methyl sites for hydroxylation is 2. The number of aromatic nitrogens is 1. The molecule has 2 heterocycles. The Morgan fingerprint density at radius 1 is 1.09 bits per heavy atom. The van der Waals surface area contributed by atoms with Crippen molar-refractivity contribution in [3.63, 3.8) is 0 Å². The van der Waals surface area contributed by atoms with E-state index in [1.54, 1.807) is 18.5 Å². The summed E-state index contributed by atoms with van der Waals surface area (Å²) in [6.07, 6.45) is 3.51. The number of thiophene rings is 1. The minimum atomic E-state index is -0.486. The second-order valence-electron chi connectivity index (χ2n) is 7.94. The molecule has 0 saturated carbocycles. The van der Waals surface area contributed by atoms with E-state index in [0.29, 0.717) is 5.56 Å². The summed E-state index contributed by atoms with van der Waals surface area (Å²) in [6.45, 7) is 4.21. The van der Waals surface area contributed by atoms with Crippen LogP contribution < -0.4 is 11.1 Å². The average Bonchev–Trinajstić information content (AvgIpc) is 3.21. The van der Waals surface area contributed by atoms with Crippen LogP contribution in [0.5, 0.6) is 0 Å². The number of ether oxygens (including phenoxy) is 1. The van der Waals surface area contributed by atoms with Crippen LogP contribution in [0, 0.1) is 13.8 Å². The molecule has 33 heavy (non-hydrogen) atoms. The van der Waals surface area contributed by atoms with Crippen molar-refractivity contribution < 1.29 is 14.3 Å². The first-order chi connectivity index (χ1) is 15.9. The second-order valence-corrected chi connectivity index (χ2v) is 9.02. The Balaban J connectivity index is 1.39. The molecule has 1 amide bonds. The monoisotopic (exact) mass is 459 g/mol. The number of nitrogens with two attached hydrogens (primary N) is 1. The summed E-state index contributed by atoms with van der Waals surface area (Å²) in [6, 6.07) is 16.9. The van der Waals surface area contributed by atoms with Crippen LogP contribution in [0.2, 0.25) is 0 Å². The fourth-order valence-electron chi connectivity index (χ4n) is 3.66. The molecule has 2 aromatic heterocycles. The van der Waals surface area contributed by atoms with Gasteiger partial charge in [0.2, 0.25) is 5.91 Å². The summed E-state index contributed by atoms with van der Waals surface area (Å²) in [5, 5.41) is 4.76. The lowest BCUT2D eigenvalue weighted by Crippen LogP contribution is -2.27. The van der Waals surface area contributed by atoms with Crippen LogP contribution in [0.4, 0.5) is 5.00 Å². The quantitative estimate of drug-likeness (QED) is 0.381. The van der Waals surface area contributed by atoms with Crippen molar-refractivity contribution >= 4 is 38.3 Å². The summed E-state index contributed by atoms with van der Waals surface area (Å²) in [7, 11) is 0. The van der Waals surface area contributed by atoms with Crippen molar-refractivity contribution in [1.82, 2.24) is 4.98 Å². The first kappa shape index (κ1) is 22.6. The van der Waals surface area contributed by atoms with Gasteiger partial charge in [0, 0.05) is 18.9 Å². The van der Waals surface area contributed by atoms with Crippen LogP contribution in [0.15, 0.2) is 67.0 Å². The van der Waals surface area contributed by atoms with Crippen LogP contribution >= 0.6 is 11.3 Å². The molecule has 4 aromatic rings. The van der Waals surface area contributed by atoms with Crippen LogP contribution in [-0.2, 0) is 16.1 Å². The average molecular weight is 460 g/mol. The van der Waals surface area contributed by atoms with E-state index in [0.717, 1.165) is 37.3 Å². The number of hydrogen-bond donors (Lipinski definition) is 2. The highest BCUT2D eigenvalue weighted by atomic mass is 32.1. The molecule has 0 aliphatic rings. The Kier molecular flexibility index (Phi) is 6.82. The minimum absolute atomic E-state index is 0.155. The molecular formula is C26H25N3O3S. The van der Waals surface area contributed by atoms with Gasteiger partial charge in [-0.05, 0) is 54.1 Å². The van der Waals surface area contributed by atoms with E-state index in [-0.39, 0.29) is 25.0 Å². The summed E-state index contributed by atoms with van der Waals surface area (Å²) >= 11 is 1.48. The molecule has 0 aliphatic heterocycles. The van der Waals surface area contributed by atoms with Crippen molar-refractivity contribution in [1.29, 1.82) is 0 Å². The summed E-state index contributed by atoms with van der Waals surface area (Å²) in [5.41, 5.74) is 10.1. The number of amides is 1. The molecule has 0 spiro atoms. The maximum atomic E-state index is 12.9. The SMILES string of the molecule is Cc1ccc(C(=O)OCc2ccc(C(CN)C(=O)Nc3cc4ccncc4s3)cc2)c(C)c1. The molecule has 0 aliphatic carbocycles. The maximum Gasteiger partial charge on any atom is 0.338 e. The Morgan fingerprint density at radius 2 is 1.88 bits per heavy atom. The standard InChI is InChI=1S/C26H25N3O3S/c1-16-3-8-21(17(2)11-16)26(31)32-15-18-4-6-19(7-5-18)22(13-27)25(30)29-24-12-20-9-10-28-14-23(20)33-24/h3-12,14,22H,13,15,27H2,1-2H3,(H,29,30). The van der Waals surface area contributed by atoms with Gasteiger partial charge in [-0.3, -0.25) is 9.78 Å². The molecule has 6 nitrogen and oxygen atoms in total. The zero-order valence-corrected chi connectivity index (χ0v) is 19.3. The molecule has 168 valence electrons. The number of anilines is 1. The normalized spacial score (nSPS) is 11.8. The first-order valence-corrected chi connectivity index (χ1v) is 11.4. The zero-order chi connectivity index (χ0) is 23.4. The molecule has 1 unspecified atom stereocenters. The molecular weight excluding hydrogens is 434 g/mol. The molecule has 0 radical (unpaired) electrons. The highest BCUT2D eigenvalue weighted by molar-refractivity contribution is 7.22. The Morgan fingerprint density at radius 3 is 2.58 bits per heavy atom. The smallest absolute Gasteiger partial charge is 0.338 e. The van der Waals surface area contributed by atoms with Crippen LogP contribution in [0.1, 0.15) is 38.5 Å². The van der Waals surface area contributed by atoms with Gasteiger partial charge in [-0.15, -0.1) is 11.3 Å². The van der Waals surface area contributed by atoms with Crippen LogP contribution in [0.3, 0.4) is 0 Å². The van der Waals surface area contributed by atoms with Crippen molar-refractivity contribution in [2.45, 2.75) is 26.4 Å². The van der Waals surface area contributed by atoms with Gasteiger partial charge >= 0.3 is 5.97 Å². The largest absolute Gasteiger partial charge is 0.457 e. The molecule has 3 N–H and O–H groups in total. The highest BCUT2D eigenvalue weighted by Gasteiger charge is 2.20. The Hall–Kier alpha value is -3.55. The van der Waals surface area contributed by atoms with Crippen molar-refractivity contribution in [3.8, 4) is 0 Å². The van der Waals surface area contributed by atoms with Crippen LogP contribution in [0.25, 0.3) is 10.1 Å². The molecule has 1 atom stereocenters. The number of nitrogens with one attached hydrogen (secondary N) is 1. The highest BCUT2D eigenvalue weighted by Crippen LogP contribution is 2.30. The number of esters is 1. The van der Waals surface area contributed by atoms with Crippen molar-refractivity contribution in [2.24, 2.45) is 5.73 Å². The predicted molar refractivity (Wildman–Crippen MR) is 132 cm³/mol. The summed E-state index contributed by atoms with van der Waals surface area (Å²) < 4.78 is 6.48. The molecule has 2 aromatic carbocycles. The van der Waals surface area contributed by atoms with Crippen molar-refractivity contribution in [2.75, 3.05) is 11.9 Å². The summed E-state index contributed by atoms with van der Waals surface area (Å²) in [5.74, 6) is -1.000. The van der Waals surface area contributed by atoms with Gasteiger partial charge in [-0.1, -0.05) is 42.0 Å². The fraction of sp³-hybridized carbons (Fsp3) is 0.192. The van der Waals surface area contributed by atoms with Gasteiger partial charge in [0.15, 0.2) is 0 Å². The van der Waals surface area contributed by atoms with Gasteiger partial charge in [-0.25, -0.2) is 4.79 Å². The van der Waals surface area contributed by atoms with E-state index in [1.807, 2.05) is 62.4 Å². The molecule has 0 saturated heterocycles. The topological polar surface area (TPSA) is 94.3 Å². The van der Waals surface area contributed by atoms with Gasteiger partial charge in [-0.2, -0.15) is 0 Å². The number of carbonyl (C=O) groups is 2. The molecule has 4 rings (SSSR count). The van der Waals surface area contributed by atoms with E-state index in [2.05, 4.69) is 10.3 Å². The third kappa shape index (κ3) is 5.27. The first-order valence-electron chi connectivity index (χ1n) is 10.6. The van der Waals surface area contributed by atoms with Gasteiger partial charge < -0.3 is 15.8 Å². The lowest BCUT2D eigenvalue weighted by molar-refractivity contribution is -0.117. The van der Waals surface area contributed by atoms with E-state index in [9.17, 15) is 9.59 Å². The van der Waals surface area contributed by atoms with Gasteiger partial charge in [0.25, 0.3) is 0 Å².